The van der Waals surface area contributed by atoms with E-state index >= 15 is 0 Å². The monoisotopic (exact) mass is 459 g/mol. The molecular weight excluding hydrogens is 418 g/mol. The molecule has 33 heavy (non-hydrogen) atoms. The van der Waals surface area contributed by atoms with Crippen molar-refractivity contribution in [1.82, 2.24) is 5.32 Å². The van der Waals surface area contributed by atoms with E-state index in [4.69, 9.17) is 9.47 Å². The first-order valence-electron chi connectivity index (χ1n) is 13.0. The molecule has 184 valence electrons. The maximum absolute atomic E-state index is 12.2. The number of fused-ring (bicyclic) bond motifs is 5. The van der Waals surface area contributed by atoms with Gasteiger partial charge < -0.3 is 14.8 Å². The fourth-order valence-electron chi connectivity index (χ4n) is 7.83. The van der Waals surface area contributed by atoms with Crippen LogP contribution in [0.4, 0.5) is 0 Å². The molecule has 0 aliphatic heterocycles. The van der Waals surface area contributed by atoms with Crippen molar-refractivity contribution >= 4 is 17.8 Å². The van der Waals surface area contributed by atoms with E-state index in [1.165, 1.54) is 5.57 Å². The molecule has 1 amide bonds. The van der Waals surface area contributed by atoms with Crippen LogP contribution in [0.1, 0.15) is 92.4 Å². The average Bonchev–Trinajstić information content (AvgIpc) is 3.04. The number of amides is 1. The number of carbonyl (C=O) groups excluding carboxylic acids is 3. The van der Waals surface area contributed by atoms with Crippen LogP contribution in [-0.4, -0.2) is 36.1 Å². The van der Waals surface area contributed by atoms with E-state index in [-0.39, 0.29) is 46.9 Å². The van der Waals surface area contributed by atoms with Gasteiger partial charge in [-0.25, -0.2) is 0 Å². The number of hydrogen-bond donors (Lipinski definition) is 1. The van der Waals surface area contributed by atoms with Crippen molar-refractivity contribution < 1.29 is 23.9 Å². The lowest BCUT2D eigenvalue weighted by molar-refractivity contribution is -0.151. The van der Waals surface area contributed by atoms with Gasteiger partial charge in [0, 0.05) is 26.2 Å². The van der Waals surface area contributed by atoms with Crippen LogP contribution in [0.5, 0.6) is 0 Å². The number of ether oxygens (including phenoxy) is 2. The molecule has 0 spiro atoms. The number of rotatable bonds is 5. The highest BCUT2D eigenvalue weighted by Crippen LogP contribution is 2.65. The van der Waals surface area contributed by atoms with Crippen molar-refractivity contribution in [3.8, 4) is 0 Å². The Labute approximate surface area is 198 Å². The fraction of sp³-hybridized carbons (Fsp3) is 0.815. The van der Waals surface area contributed by atoms with Crippen LogP contribution in [0.3, 0.4) is 0 Å². The number of allylic oxidation sites excluding steroid dienone is 1. The topological polar surface area (TPSA) is 81.7 Å². The van der Waals surface area contributed by atoms with Crippen LogP contribution < -0.4 is 5.32 Å². The lowest BCUT2D eigenvalue weighted by Gasteiger charge is -2.57. The maximum atomic E-state index is 12.2. The van der Waals surface area contributed by atoms with Crippen molar-refractivity contribution in [2.24, 2.45) is 28.6 Å². The molecule has 0 bridgehead atoms. The molecule has 6 nitrogen and oxygen atoms in total. The zero-order chi connectivity index (χ0) is 24.0. The smallest absolute Gasteiger partial charge is 0.305 e. The molecule has 3 fully saturated rings. The van der Waals surface area contributed by atoms with Gasteiger partial charge in [0.2, 0.25) is 5.91 Å². The molecule has 8 atom stereocenters. The van der Waals surface area contributed by atoms with Crippen LogP contribution in [0, 0.1) is 28.6 Å². The molecule has 4 aliphatic rings. The van der Waals surface area contributed by atoms with Crippen molar-refractivity contribution in [2.45, 2.75) is 111 Å². The van der Waals surface area contributed by atoms with Crippen molar-refractivity contribution in [1.29, 1.82) is 0 Å². The van der Waals surface area contributed by atoms with Crippen molar-refractivity contribution in [2.75, 3.05) is 0 Å². The van der Waals surface area contributed by atoms with Gasteiger partial charge in [-0.15, -0.1) is 0 Å². The Morgan fingerprint density at radius 2 is 1.73 bits per heavy atom. The zero-order valence-corrected chi connectivity index (χ0v) is 20.9. The van der Waals surface area contributed by atoms with Crippen LogP contribution >= 0.6 is 0 Å². The van der Waals surface area contributed by atoms with Crippen LogP contribution in [0.25, 0.3) is 0 Å². The summed E-state index contributed by atoms with van der Waals surface area (Å²) in [6.45, 7) is 9.95. The Kier molecular flexibility index (Phi) is 6.67. The Morgan fingerprint density at radius 3 is 2.39 bits per heavy atom. The second-order valence-electron chi connectivity index (χ2n) is 11.3. The molecule has 1 N–H and O–H groups in total. The number of esters is 2. The Balaban J connectivity index is 1.58. The molecule has 4 aliphatic carbocycles. The Hall–Kier alpha value is -1.85. The van der Waals surface area contributed by atoms with Crippen LogP contribution in [0.2, 0.25) is 0 Å². The minimum absolute atomic E-state index is 0.00986. The largest absolute Gasteiger partial charge is 0.462 e. The summed E-state index contributed by atoms with van der Waals surface area (Å²) in [4.78, 5) is 36.1. The van der Waals surface area contributed by atoms with Gasteiger partial charge in [0.25, 0.3) is 0 Å². The summed E-state index contributed by atoms with van der Waals surface area (Å²) in [6.07, 6.45) is 9.79. The summed E-state index contributed by atoms with van der Waals surface area (Å²) in [5.41, 5.74) is 1.54. The molecule has 0 unspecified atom stereocenters. The summed E-state index contributed by atoms with van der Waals surface area (Å²) in [6, 6.07) is -0.126. The molecule has 6 heteroatoms. The van der Waals surface area contributed by atoms with Gasteiger partial charge in [-0.2, -0.15) is 0 Å². The molecule has 0 aromatic heterocycles. The summed E-state index contributed by atoms with van der Waals surface area (Å²) < 4.78 is 11.6. The molecule has 4 rings (SSSR count). The van der Waals surface area contributed by atoms with Gasteiger partial charge in [-0.3, -0.25) is 14.4 Å². The minimum atomic E-state index is -0.252. The third-order valence-corrected chi connectivity index (χ3v) is 9.58. The van der Waals surface area contributed by atoms with Gasteiger partial charge in [0.1, 0.15) is 12.2 Å². The standard InChI is InChI=1S/C27H41NO5/c1-6-23(30)32-18-10-12-26(4)17(14-18)8-9-19-20(26)11-13-27(5)21(19)15-22(33-24(31)7-2)25(27)28-16(3)29/h8,18-22,25H,6-7,9-15H2,1-5H3,(H,28,29)/t18-,19-,20+,21+,22+,25+,26+,27+/m1/s1. The summed E-state index contributed by atoms with van der Waals surface area (Å²) in [5, 5.41) is 3.17. The number of nitrogens with one attached hydrogen (secondary N) is 1. The average molecular weight is 460 g/mol. The molecule has 3 saturated carbocycles. The van der Waals surface area contributed by atoms with E-state index < -0.39 is 0 Å². The number of carbonyl (C=O) groups is 3. The predicted molar refractivity (Wildman–Crippen MR) is 125 cm³/mol. The van der Waals surface area contributed by atoms with E-state index in [2.05, 4.69) is 25.2 Å². The quantitative estimate of drug-likeness (QED) is 0.476. The Bertz CT molecular complexity index is 836. The van der Waals surface area contributed by atoms with Gasteiger partial charge in [-0.1, -0.05) is 39.3 Å². The number of hydrogen-bond acceptors (Lipinski definition) is 5. The van der Waals surface area contributed by atoms with E-state index in [0.717, 1.165) is 44.9 Å². The fourth-order valence-corrected chi connectivity index (χ4v) is 7.83. The Morgan fingerprint density at radius 1 is 1.03 bits per heavy atom. The highest BCUT2D eigenvalue weighted by Gasteiger charge is 2.62. The van der Waals surface area contributed by atoms with Gasteiger partial charge in [0.15, 0.2) is 0 Å². The molecule has 0 radical (unpaired) electrons. The molecule has 0 aromatic carbocycles. The zero-order valence-electron chi connectivity index (χ0n) is 20.9. The molecular formula is C27H41NO5. The molecule has 0 heterocycles. The van der Waals surface area contributed by atoms with Crippen LogP contribution in [0.15, 0.2) is 11.6 Å². The van der Waals surface area contributed by atoms with Crippen LogP contribution in [-0.2, 0) is 23.9 Å². The van der Waals surface area contributed by atoms with E-state index in [1.807, 2.05) is 13.8 Å². The van der Waals surface area contributed by atoms with Gasteiger partial charge >= 0.3 is 11.9 Å². The maximum Gasteiger partial charge on any atom is 0.305 e. The normalized spacial score (nSPS) is 41.7. The van der Waals surface area contributed by atoms with E-state index in [9.17, 15) is 14.4 Å². The first kappa shape index (κ1) is 24.3. The molecule has 0 aromatic rings. The highest BCUT2D eigenvalue weighted by atomic mass is 16.5. The summed E-state index contributed by atoms with van der Waals surface area (Å²) in [5.74, 6) is 1.17. The molecule has 0 saturated heterocycles. The third kappa shape index (κ3) is 4.23. The summed E-state index contributed by atoms with van der Waals surface area (Å²) in [7, 11) is 0. The minimum Gasteiger partial charge on any atom is -0.462 e. The predicted octanol–water partition coefficient (Wildman–Crippen LogP) is 4.71. The first-order valence-corrected chi connectivity index (χ1v) is 13.0. The highest BCUT2D eigenvalue weighted by molar-refractivity contribution is 5.74. The van der Waals surface area contributed by atoms with E-state index in [0.29, 0.717) is 30.6 Å². The lowest BCUT2D eigenvalue weighted by Crippen LogP contribution is -2.55. The second kappa shape index (κ2) is 9.07. The SMILES string of the molecule is CCC(=O)O[C@@H]1CC[C@@]2(C)C(=CC[C@H]3[C@@H]4C[C@H](OC(=O)CC)[C@H](NC(C)=O)[C@@]4(C)CC[C@@H]32)C1. The van der Waals surface area contributed by atoms with E-state index in [1.54, 1.807) is 6.92 Å². The summed E-state index contributed by atoms with van der Waals surface area (Å²) >= 11 is 0. The van der Waals surface area contributed by atoms with Crippen molar-refractivity contribution in [3.63, 3.8) is 0 Å². The van der Waals surface area contributed by atoms with Gasteiger partial charge in [0.05, 0.1) is 6.04 Å². The van der Waals surface area contributed by atoms with Gasteiger partial charge in [-0.05, 0) is 67.1 Å². The second-order valence-corrected chi connectivity index (χ2v) is 11.3. The third-order valence-electron chi connectivity index (χ3n) is 9.58. The lowest BCUT2D eigenvalue weighted by atomic mass is 9.48. The van der Waals surface area contributed by atoms with Crippen molar-refractivity contribution in [3.05, 3.63) is 11.6 Å². The first-order chi connectivity index (χ1) is 15.6.